The van der Waals surface area contributed by atoms with Crippen LogP contribution in [0.2, 0.25) is 0 Å². The van der Waals surface area contributed by atoms with E-state index in [1.807, 2.05) is 23.8 Å². The Morgan fingerprint density at radius 1 is 1.33 bits per heavy atom. The summed E-state index contributed by atoms with van der Waals surface area (Å²) in [5, 5.41) is 0. The predicted octanol–water partition coefficient (Wildman–Crippen LogP) is 1.39. The van der Waals surface area contributed by atoms with Crippen LogP contribution < -0.4 is 5.73 Å². The molecular formula is C13H25N3OS. The van der Waals surface area contributed by atoms with Crippen LogP contribution in [0.4, 0.5) is 0 Å². The lowest BCUT2D eigenvalue weighted by Crippen LogP contribution is -2.46. The maximum atomic E-state index is 12.4. The molecule has 1 unspecified atom stereocenters. The molecule has 1 aliphatic heterocycles. The highest BCUT2D eigenvalue weighted by Crippen LogP contribution is 2.12. The van der Waals surface area contributed by atoms with Crippen LogP contribution in [0.25, 0.3) is 0 Å². The fourth-order valence-corrected chi connectivity index (χ4v) is 2.32. The first kappa shape index (κ1) is 15.4. The molecule has 0 spiro atoms. The van der Waals surface area contributed by atoms with E-state index in [2.05, 4.69) is 0 Å². The van der Waals surface area contributed by atoms with Crippen molar-refractivity contribution >= 4 is 23.1 Å². The zero-order valence-electron chi connectivity index (χ0n) is 11.5. The van der Waals surface area contributed by atoms with E-state index in [1.54, 1.807) is 0 Å². The van der Waals surface area contributed by atoms with E-state index in [1.165, 1.54) is 12.8 Å². The van der Waals surface area contributed by atoms with Gasteiger partial charge in [-0.25, -0.2) is 0 Å². The average Bonchev–Trinajstić information content (AvgIpc) is 2.62. The number of amides is 1. The lowest BCUT2D eigenvalue weighted by atomic mass is 10.2. The predicted molar refractivity (Wildman–Crippen MR) is 78.5 cm³/mol. The number of rotatable bonds is 5. The average molecular weight is 271 g/mol. The summed E-state index contributed by atoms with van der Waals surface area (Å²) < 4.78 is 0. The minimum absolute atomic E-state index is 0.0857. The molecule has 1 heterocycles. The summed E-state index contributed by atoms with van der Waals surface area (Å²) >= 11 is 4.86. The molecule has 104 valence electrons. The molecule has 0 aromatic heterocycles. The molecule has 0 radical (unpaired) electrons. The molecule has 1 amide bonds. The molecule has 1 rings (SSSR count). The summed E-state index contributed by atoms with van der Waals surface area (Å²) in [7, 11) is 1.96. The van der Waals surface area contributed by atoms with Crippen molar-refractivity contribution in [1.82, 2.24) is 9.80 Å². The SMILES string of the molecule is CC(C(=O)N1CCCCCC1)N(C)CCC(N)=S. The summed E-state index contributed by atoms with van der Waals surface area (Å²) in [6.07, 6.45) is 5.43. The molecule has 1 fully saturated rings. The first-order valence-corrected chi connectivity index (χ1v) is 7.20. The van der Waals surface area contributed by atoms with E-state index in [0.29, 0.717) is 11.4 Å². The molecule has 1 saturated heterocycles. The zero-order chi connectivity index (χ0) is 13.5. The van der Waals surface area contributed by atoms with Crippen LogP contribution >= 0.6 is 12.2 Å². The molecular weight excluding hydrogens is 246 g/mol. The van der Waals surface area contributed by atoms with Crippen LogP contribution in [0.1, 0.15) is 39.0 Å². The fraction of sp³-hybridized carbons (Fsp3) is 0.846. The van der Waals surface area contributed by atoms with Gasteiger partial charge in [-0.3, -0.25) is 9.69 Å². The molecule has 0 aromatic rings. The van der Waals surface area contributed by atoms with Crippen molar-refractivity contribution in [3.8, 4) is 0 Å². The third-order valence-electron chi connectivity index (χ3n) is 3.65. The van der Waals surface area contributed by atoms with Crippen molar-refractivity contribution in [2.45, 2.75) is 45.1 Å². The zero-order valence-corrected chi connectivity index (χ0v) is 12.3. The monoisotopic (exact) mass is 271 g/mol. The Labute approximate surface area is 115 Å². The number of nitrogens with two attached hydrogens (primary N) is 1. The van der Waals surface area contributed by atoms with Crippen LogP contribution in [-0.4, -0.2) is 53.4 Å². The van der Waals surface area contributed by atoms with Gasteiger partial charge in [-0.05, 0) is 26.8 Å². The molecule has 2 N–H and O–H groups in total. The van der Waals surface area contributed by atoms with Gasteiger partial charge < -0.3 is 10.6 Å². The molecule has 1 atom stereocenters. The van der Waals surface area contributed by atoms with E-state index < -0.39 is 0 Å². The number of likely N-dealkylation sites (tertiary alicyclic amines) is 1. The maximum absolute atomic E-state index is 12.4. The van der Waals surface area contributed by atoms with Crippen LogP contribution in [0.15, 0.2) is 0 Å². The van der Waals surface area contributed by atoms with E-state index in [9.17, 15) is 4.79 Å². The quantitative estimate of drug-likeness (QED) is 0.768. The number of thiocarbonyl (C=S) groups is 1. The second-order valence-corrected chi connectivity index (χ2v) is 5.64. The summed E-state index contributed by atoms with van der Waals surface area (Å²) in [4.78, 5) is 16.9. The Morgan fingerprint density at radius 2 is 1.89 bits per heavy atom. The molecule has 0 saturated carbocycles. The lowest BCUT2D eigenvalue weighted by molar-refractivity contribution is -0.135. The summed E-state index contributed by atoms with van der Waals surface area (Å²) in [5.41, 5.74) is 5.49. The van der Waals surface area contributed by atoms with Gasteiger partial charge in [0, 0.05) is 26.1 Å². The van der Waals surface area contributed by atoms with Crippen LogP contribution in [-0.2, 0) is 4.79 Å². The Balaban J connectivity index is 2.45. The van der Waals surface area contributed by atoms with Crippen molar-refractivity contribution in [1.29, 1.82) is 0 Å². The number of hydrogen-bond acceptors (Lipinski definition) is 3. The van der Waals surface area contributed by atoms with Gasteiger partial charge in [-0.15, -0.1) is 0 Å². The molecule has 0 bridgehead atoms. The molecule has 0 aliphatic carbocycles. The van der Waals surface area contributed by atoms with Gasteiger partial charge in [0.25, 0.3) is 0 Å². The van der Waals surface area contributed by atoms with Gasteiger partial charge in [-0.1, -0.05) is 25.1 Å². The number of likely N-dealkylation sites (N-methyl/N-ethyl adjacent to an activating group) is 1. The van der Waals surface area contributed by atoms with Gasteiger partial charge >= 0.3 is 0 Å². The van der Waals surface area contributed by atoms with E-state index >= 15 is 0 Å². The Bertz CT molecular complexity index is 288. The fourth-order valence-electron chi connectivity index (χ4n) is 2.22. The first-order valence-electron chi connectivity index (χ1n) is 6.79. The minimum atomic E-state index is -0.0857. The highest BCUT2D eigenvalue weighted by molar-refractivity contribution is 7.80. The molecule has 4 nitrogen and oxygen atoms in total. The smallest absolute Gasteiger partial charge is 0.239 e. The van der Waals surface area contributed by atoms with Crippen LogP contribution in [0.5, 0.6) is 0 Å². The standard InChI is InChI=1S/C13H25N3OS/c1-11(15(2)10-7-12(14)18)13(17)16-8-5-3-4-6-9-16/h11H,3-10H2,1-2H3,(H2,14,18). The Kier molecular flexibility index (Phi) is 6.57. The second-order valence-electron chi connectivity index (χ2n) is 5.11. The molecule has 1 aliphatic rings. The van der Waals surface area contributed by atoms with E-state index in [-0.39, 0.29) is 11.9 Å². The third kappa shape index (κ3) is 4.90. The second kappa shape index (κ2) is 7.69. The minimum Gasteiger partial charge on any atom is -0.393 e. The normalized spacial score (nSPS) is 18.5. The number of carbonyl (C=O) groups excluding carboxylic acids is 1. The Morgan fingerprint density at radius 3 is 2.39 bits per heavy atom. The van der Waals surface area contributed by atoms with Crippen molar-refractivity contribution in [2.24, 2.45) is 5.73 Å². The van der Waals surface area contributed by atoms with Crippen LogP contribution in [0, 0.1) is 0 Å². The summed E-state index contributed by atoms with van der Waals surface area (Å²) in [6, 6.07) is -0.0857. The van der Waals surface area contributed by atoms with E-state index in [4.69, 9.17) is 18.0 Å². The summed E-state index contributed by atoms with van der Waals surface area (Å²) in [6.45, 7) is 4.53. The third-order valence-corrected chi connectivity index (χ3v) is 3.85. The van der Waals surface area contributed by atoms with Gasteiger partial charge in [0.15, 0.2) is 0 Å². The van der Waals surface area contributed by atoms with Gasteiger partial charge in [0.2, 0.25) is 5.91 Å². The van der Waals surface area contributed by atoms with Crippen molar-refractivity contribution < 1.29 is 4.79 Å². The topological polar surface area (TPSA) is 49.6 Å². The van der Waals surface area contributed by atoms with Gasteiger partial charge in [0.05, 0.1) is 11.0 Å². The van der Waals surface area contributed by atoms with Gasteiger partial charge in [0.1, 0.15) is 0 Å². The Hall–Kier alpha value is -0.680. The first-order chi connectivity index (χ1) is 8.52. The van der Waals surface area contributed by atoms with Crippen LogP contribution in [0.3, 0.4) is 0 Å². The number of hydrogen-bond donors (Lipinski definition) is 1. The van der Waals surface area contributed by atoms with Crippen molar-refractivity contribution in [2.75, 3.05) is 26.7 Å². The molecule has 18 heavy (non-hydrogen) atoms. The highest BCUT2D eigenvalue weighted by Gasteiger charge is 2.24. The summed E-state index contributed by atoms with van der Waals surface area (Å²) in [5.74, 6) is 0.238. The number of nitrogens with zero attached hydrogens (tertiary/aromatic N) is 2. The van der Waals surface area contributed by atoms with E-state index in [0.717, 1.165) is 32.5 Å². The van der Waals surface area contributed by atoms with Gasteiger partial charge in [-0.2, -0.15) is 0 Å². The number of carbonyl (C=O) groups is 1. The highest BCUT2D eigenvalue weighted by atomic mass is 32.1. The largest absolute Gasteiger partial charge is 0.393 e. The molecule has 0 aromatic carbocycles. The van der Waals surface area contributed by atoms with Crippen molar-refractivity contribution in [3.05, 3.63) is 0 Å². The lowest BCUT2D eigenvalue weighted by Gasteiger charge is -2.29. The maximum Gasteiger partial charge on any atom is 0.239 e. The van der Waals surface area contributed by atoms with Crippen molar-refractivity contribution in [3.63, 3.8) is 0 Å². The molecule has 5 heteroatoms.